The van der Waals surface area contributed by atoms with Gasteiger partial charge in [0.25, 0.3) is 0 Å². The number of ketones is 1. The summed E-state index contributed by atoms with van der Waals surface area (Å²) in [7, 11) is 0. The van der Waals surface area contributed by atoms with Crippen LogP contribution in [0.5, 0.6) is 5.75 Å². The molecule has 0 fully saturated rings. The van der Waals surface area contributed by atoms with E-state index in [0.29, 0.717) is 24.7 Å². The largest absolute Gasteiger partial charge is 0.508 e. The molecule has 33 heavy (non-hydrogen) atoms. The van der Waals surface area contributed by atoms with E-state index < -0.39 is 24.0 Å². The fourth-order valence-electron chi connectivity index (χ4n) is 4.62. The summed E-state index contributed by atoms with van der Waals surface area (Å²) in [5.74, 6) is -0.300. The highest BCUT2D eigenvalue weighted by Crippen LogP contribution is 2.33. The molecule has 0 aliphatic carbocycles. The molecule has 0 spiro atoms. The number of esters is 1. The van der Waals surface area contributed by atoms with Crippen LogP contribution < -0.4 is 0 Å². The summed E-state index contributed by atoms with van der Waals surface area (Å²) in [6, 6.07) is 5.66. The Morgan fingerprint density at radius 2 is 1.27 bits per heavy atom. The first kappa shape index (κ1) is 29.2. The standard InChI is InChI=1S/C28H46O5/c1-20(17-26(3,4)5)13-15-28(32,16-14-21(2)18-27(6,7)8)24(30)19-33-25(31)22-9-11-23(29)12-10-22/h9-12,20-21,29,32H,13-19H2,1-8H3/t20-,21-/m0/s1. The molecule has 0 radical (unpaired) electrons. The number of benzene rings is 1. The number of phenols is 1. The number of phenolic OH excluding ortho intramolecular Hbond substituents is 1. The number of Topliss-reactive ketones (excluding diaryl/α,β-unsaturated/α-hetero) is 1. The number of rotatable bonds is 12. The fraction of sp³-hybridized carbons (Fsp3) is 0.714. The van der Waals surface area contributed by atoms with Crippen molar-refractivity contribution in [2.24, 2.45) is 22.7 Å². The van der Waals surface area contributed by atoms with Crippen LogP contribution in [0, 0.1) is 22.7 Å². The molecule has 1 aromatic carbocycles. The maximum atomic E-state index is 13.1. The Morgan fingerprint density at radius 1 is 0.848 bits per heavy atom. The second-order valence-corrected chi connectivity index (χ2v) is 12.4. The average Bonchev–Trinajstić information content (AvgIpc) is 2.66. The highest BCUT2D eigenvalue weighted by Gasteiger charge is 2.37. The van der Waals surface area contributed by atoms with Crippen LogP contribution in [0.15, 0.2) is 24.3 Å². The molecular weight excluding hydrogens is 416 g/mol. The highest BCUT2D eigenvalue weighted by atomic mass is 16.5. The Balaban J connectivity index is 2.83. The Hall–Kier alpha value is -1.88. The van der Waals surface area contributed by atoms with E-state index in [1.165, 1.54) is 24.3 Å². The van der Waals surface area contributed by atoms with Crippen molar-refractivity contribution in [2.45, 2.75) is 99.5 Å². The summed E-state index contributed by atoms with van der Waals surface area (Å²) in [6.45, 7) is 17.0. The molecule has 0 aliphatic heterocycles. The Labute approximate surface area is 200 Å². The second-order valence-electron chi connectivity index (χ2n) is 12.4. The number of carbonyl (C=O) groups is 2. The fourth-order valence-corrected chi connectivity index (χ4v) is 4.62. The van der Waals surface area contributed by atoms with E-state index in [2.05, 4.69) is 55.4 Å². The number of hydrogen-bond acceptors (Lipinski definition) is 5. The third kappa shape index (κ3) is 11.7. The molecule has 5 nitrogen and oxygen atoms in total. The first-order chi connectivity index (χ1) is 15.0. The number of aliphatic hydroxyl groups is 1. The van der Waals surface area contributed by atoms with Crippen LogP contribution in [0.3, 0.4) is 0 Å². The van der Waals surface area contributed by atoms with E-state index in [4.69, 9.17) is 4.74 Å². The predicted molar refractivity (Wildman–Crippen MR) is 133 cm³/mol. The summed E-state index contributed by atoms with van der Waals surface area (Å²) in [4.78, 5) is 25.4. The molecule has 5 heteroatoms. The molecule has 0 unspecified atom stereocenters. The van der Waals surface area contributed by atoms with Crippen LogP contribution >= 0.6 is 0 Å². The van der Waals surface area contributed by atoms with Crippen LogP contribution in [0.1, 0.15) is 104 Å². The monoisotopic (exact) mass is 462 g/mol. The van der Waals surface area contributed by atoms with Gasteiger partial charge in [-0.1, -0.05) is 55.4 Å². The SMILES string of the molecule is C[C@@H](CCC(O)(CC[C@H](C)CC(C)(C)C)C(=O)COC(=O)c1ccc(O)cc1)CC(C)(C)C. The van der Waals surface area contributed by atoms with Gasteiger partial charge in [-0.2, -0.15) is 0 Å². The Morgan fingerprint density at radius 3 is 1.67 bits per heavy atom. The van der Waals surface area contributed by atoms with Gasteiger partial charge in [0.2, 0.25) is 5.78 Å². The van der Waals surface area contributed by atoms with Gasteiger partial charge < -0.3 is 14.9 Å². The Bertz CT molecular complexity index is 726. The summed E-state index contributed by atoms with van der Waals surface area (Å²) in [5, 5.41) is 20.8. The van der Waals surface area contributed by atoms with Crippen LogP contribution in [0.4, 0.5) is 0 Å². The molecule has 0 saturated carbocycles. The first-order valence-electron chi connectivity index (χ1n) is 12.2. The van der Waals surface area contributed by atoms with Gasteiger partial charge in [0.15, 0.2) is 6.61 Å². The third-order valence-electron chi connectivity index (χ3n) is 5.98. The molecule has 0 bridgehead atoms. The van der Waals surface area contributed by atoms with Crippen molar-refractivity contribution < 1.29 is 24.5 Å². The quantitative estimate of drug-likeness (QED) is 0.344. The minimum absolute atomic E-state index is 0.0470. The molecule has 2 N–H and O–H groups in total. The Kier molecular flexibility index (Phi) is 10.6. The van der Waals surface area contributed by atoms with Gasteiger partial charge >= 0.3 is 5.97 Å². The van der Waals surface area contributed by atoms with Gasteiger partial charge in [-0.15, -0.1) is 0 Å². The van der Waals surface area contributed by atoms with E-state index in [0.717, 1.165) is 25.7 Å². The molecule has 1 rings (SSSR count). The maximum absolute atomic E-state index is 13.1. The molecule has 0 aromatic heterocycles. The average molecular weight is 463 g/mol. The van der Waals surface area contributed by atoms with Gasteiger partial charge in [-0.25, -0.2) is 4.79 Å². The maximum Gasteiger partial charge on any atom is 0.338 e. The van der Waals surface area contributed by atoms with Gasteiger partial charge in [0.05, 0.1) is 5.56 Å². The lowest BCUT2D eigenvalue weighted by atomic mass is 9.77. The lowest BCUT2D eigenvalue weighted by molar-refractivity contribution is -0.143. The van der Waals surface area contributed by atoms with Gasteiger partial charge in [0, 0.05) is 0 Å². The minimum Gasteiger partial charge on any atom is -0.508 e. The third-order valence-corrected chi connectivity index (χ3v) is 5.98. The molecule has 1 aromatic rings. The second kappa shape index (κ2) is 12.0. The minimum atomic E-state index is -1.51. The number of carbonyl (C=O) groups excluding carboxylic acids is 2. The molecule has 0 saturated heterocycles. The summed E-state index contributed by atoms with van der Waals surface area (Å²) in [6.07, 6.45) is 4.21. The zero-order valence-electron chi connectivity index (χ0n) is 22.0. The van der Waals surface area contributed by atoms with E-state index in [9.17, 15) is 19.8 Å². The van der Waals surface area contributed by atoms with Crippen LogP contribution in [-0.4, -0.2) is 34.2 Å². The zero-order chi connectivity index (χ0) is 25.4. The zero-order valence-corrected chi connectivity index (χ0v) is 22.0. The van der Waals surface area contributed by atoms with Crippen molar-refractivity contribution in [1.82, 2.24) is 0 Å². The molecular formula is C28H46O5. The van der Waals surface area contributed by atoms with Crippen LogP contribution in [0.25, 0.3) is 0 Å². The van der Waals surface area contributed by atoms with Crippen molar-refractivity contribution in [3.63, 3.8) is 0 Å². The van der Waals surface area contributed by atoms with Crippen molar-refractivity contribution >= 4 is 11.8 Å². The summed E-state index contributed by atoms with van der Waals surface area (Å²) < 4.78 is 5.22. The normalized spacial score (nSPS) is 14.6. The van der Waals surface area contributed by atoms with Crippen LogP contribution in [0.2, 0.25) is 0 Å². The lowest BCUT2D eigenvalue weighted by Gasteiger charge is -2.31. The topological polar surface area (TPSA) is 83.8 Å². The number of aromatic hydroxyl groups is 1. The first-order valence-corrected chi connectivity index (χ1v) is 12.2. The lowest BCUT2D eigenvalue weighted by Crippen LogP contribution is -2.42. The molecule has 188 valence electrons. The van der Waals surface area contributed by atoms with E-state index in [-0.39, 0.29) is 22.1 Å². The molecule has 0 amide bonds. The van der Waals surface area contributed by atoms with Crippen molar-refractivity contribution in [2.75, 3.05) is 6.61 Å². The smallest absolute Gasteiger partial charge is 0.338 e. The summed E-state index contributed by atoms with van der Waals surface area (Å²) >= 11 is 0. The molecule has 0 heterocycles. The summed E-state index contributed by atoms with van der Waals surface area (Å²) in [5.41, 5.74) is -0.889. The molecule has 0 aliphatic rings. The highest BCUT2D eigenvalue weighted by molar-refractivity contribution is 5.93. The van der Waals surface area contributed by atoms with Crippen molar-refractivity contribution in [1.29, 1.82) is 0 Å². The number of ether oxygens (including phenoxy) is 1. The predicted octanol–water partition coefficient (Wildman–Crippen LogP) is 6.55. The van der Waals surface area contributed by atoms with E-state index in [1.54, 1.807) is 0 Å². The van der Waals surface area contributed by atoms with Crippen molar-refractivity contribution in [3.05, 3.63) is 29.8 Å². The van der Waals surface area contributed by atoms with Gasteiger partial charge in [0.1, 0.15) is 11.4 Å². The van der Waals surface area contributed by atoms with Crippen molar-refractivity contribution in [3.8, 4) is 5.75 Å². The van der Waals surface area contributed by atoms with E-state index in [1.807, 2.05) is 0 Å². The molecule has 2 atom stereocenters. The van der Waals surface area contributed by atoms with Gasteiger partial charge in [-0.05, 0) is 85.5 Å². The van der Waals surface area contributed by atoms with Gasteiger partial charge in [-0.3, -0.25) is 4.79 Å². The number of hydrogen-bond donors (Lipinski definition) is 2. The van der Waals surface area contributed by atoms with E-state index >= 15 is 0 Å². The van der Waals surface area contributed by atoms with Crippen LogP contribution in [-0.2, 0) is 9.53 Å².